The van der Waals surface area contributed by atoms with E-state index >= 15 is 0 Å². The highest BCUT2D eigenvalue weighted by Gasteiger charge is 2.31. The number of rotatable bonds is 5. The SMILES string of the molecule is O=C(NC[C@H](c1ccc2c(c1)OCO2)N1CCOCC1)C1CC1. The predicted molar refractivity (Wildman–Crippen MR) is 83.4 cm³/mol. The van der Waals surface area contributed by atoms with Gasteiger partial charge in [0.2, 0.25) is 12.7 Å². The molecule has 3 aliphatic rings. The van der Waals surface area contributed by atoms with Crippen LogP contribution in [0.4, 0.5) is 0 Å². The highest BCUT2D eigenvalue weighted by molar-refractivity contribution is 5.80. The zero-order chi connectivity index (χ0) is 15.6. The highest BCUT2D eigenvalue weighted by atomic mass is 16.7. The molecule has 1 aliphatic carbocycles. The Morgan fingerprint density at radius 1 is 1.22 bits per heavy atom. The second kappa shape index (κ2) is 6.37. The molecule has 1 aromatic rings. The number of nitrogens with one attached hydrogen (secondary N) is 1. The lowest BCUT2D eigenvalue weighted by Crippen LogP contribution is -2.44. The minimum atomic E-state index is 0.135. The van der Waals surface area contributed by atoms with Crippen LogP contribution in [0.15, 0.2) is 18.2 Å². The van der Waals surface area contributed by atoms with Gasteiger partial charge < -0.3 is 19.5 Å². The van der Waals surface area contributed by atoms with Crippen molar-refractivity contribution < 1.29 is 19.0 Å². The molecular formula is C17H22N2O4. The zero-order valence-electron chi connectivity index (χ0n) is 13.1. The van der Waals surface area contributed by atoms with Gasteiger partial charge in [0.15, 0.2) is 11.5 Å². The summed E-state index contributed by atoms with van der Waals surface area (Å²) in [6.07, 6.45) is 2.05. The van der Waals surface area contributed by atoms with E-state index in [-0.39, 0.29) is 24.7 Å². The maximum Gasteiger partial charge on any atom is 0.231 e. The molecule has 0 unspecified atom stereocenters. The third-order valence-corrected chi connectivity index (χ3v) is 4.69. The van der Waals surface area contributed by atoms with E-state index in [0.29, 0.717) is 6.54 Å². The maximum atomic E-state index is 12.0. The average Bonchev–Trinajstić information content (AvgIpc) is 3.34. The summed E-state index contributed by atoms with van der Waals surface area (Å²) in [4.78, 5) is 14.4. The first-order valence-corrected chi connectivity index (χ1v) is 8.30. The number of benzene rings is 1. The maximum absolute atomic E-state index is 12.0. The molecule has 1 saturated carbocycles. The molecule has 1 atom stereocenters. The lowest BCUT2D eigenvalue weighted by molar-refractivity contribution is -0.122. The standard InChI is InChI=1S/C17H22N2O4/c20-17(12-1-2-12)18-10-14(19-5-7-21-8-6-19)13-3-4-15-16(9-13)23-11-22-15/h3-4,9,12,14H,1-2,5-8,10-11H2,(H,18,20)/t14-/m1/s1. The molecule has 1 N–H and O–H groups in total. The molecule has 0 radical (unpaired) electrons. The van der Waals surface area contributed by atoms with E-state index in [2.05, 4.69) is 16.3 Å². The topological polar surface area (TPSA) is 60.0 Å². The van der Waals surface area contributed by atoms with Crippen molar-refractivity contribution >= 4 is 5.91 Å². The highest BCUT2D eigenvalue weighted by Crippen LogP contribution is 2.35. The molecule has 0 aromatic heterocycles. The lowest BCUT2D eigenvalue weighted by Gasteiger charge is -2.35. The van der Waals surface area contributed by atoms with Crippen LogP contribution in [0.2, 0.25) is 0 Å². The van der Waals surface area contributed by atoms with E-state index in [0.717, 1.165) is 56.2 Å². The van der Waals surface area contributed by atoms with E-state index in [1.165, 1.54) is 0 Å². The summed E-state index contributed by atoms with van der Waals surface area (Å²) in [5, 5.41) is 3.11. The number of nitrogens with zero attached hydrogens (tertiary/aromatic N) is 1. The monoisotopic (exact) mass is 318 g/mol. The minimum absolute atomic E-state index is 0.135. The van der Waals surface area contributed by atoms with Gasteiger partial charge in [-0.25, -0.2) is 0 Å². The molecule has 6 nitrogen and oxygen atoms in total. The van der Waals surface area contributed by atoms with E-state index in [1.807, 2.05) is 12.1 Å². The summed E-state index contributed by atoms with van der Waals surface area (Å²) < 4.78 is 16.3. The van der Waals surface area contributed by atoms with Crippen molar-refractivity contribution in [3.8, 4) is 11.5 Å². The molecule has 1 saturated heterocycles. The van der Waals surface area contributed by atoms with Gasteiger partial charge >= 0.3 is 0 Å². The third kappa shape index (κ3) is 3.28. The van der Waals surface area contributed by atoms with Crippen LogP contribution in [0.5, 0.6) is 11.5 Å². The van der Waals surface area contributed by atoms with Crippen LogP contribution >= 0.6 is 0 Å². The Labute approximate surface area is 135 Å². The van der Waals surface area contributed by atoms with Gasteiger partial charge in [0.05, 0.1) is 19.3 Å². The van der Waals surface area contributed by atoms with Crippen molar-refractivity contribution in [2.24, 2.45) is 5.92 Å². The first-order chi connectivity index (χ1) is 11.3. The average molecular weight is 318 g/mol. The Kier molecular flexibility index (Phi) is 4.10. The molecule has 2 heterocycles. The second-order valence-corrected chi connectivity index (χ2v) is 6.30. The number of fused-ring (bicyclic) bond motifs is 1. The Bertz CT molecular complexity index is 582. The van der Waals surface area contributed by atoms with Crippen molar-refractivity contribution in [3.63, 3.8) is 0 Å². The fourth-order valence-electron chi connectivity index (χ4n) is 3.15. The molecular weight excluding hydrogens is 296 g/mol. The summed E-state index contributed by atoms with van der Waals surface area (Å²) >= 11 is 0. The van der Waals surface area contributed by atoms with Crippen molar-refractivity contribution in [1.82, 2.24) is 10.2 Å². The number of morpholine rings is 1. The quantitative estimate of drug-likeness (QED) is 0.887. The van der Waals surface area contributed by atoms with Crippen LogP contribution in [0.1, 0.15) is 24.4 Å². The molecule has 0 spiro atoms. The Morgan fingerprint density at radius 2 is 2.00 bits per heavy atom. The van der Waals surface area contributed by atoms with Crippen molar-refractivity contribution in [1.29, 1.82) is 0 Å². The van der Waals surface area contributed by atoms with Crippen LogP contribution in [-0.4, -0.2) is 50.4 Å². The van der Waals surface area contributed by atoms with Gasteiger partial charge in [-0.2, -0.15) is 0 Å². The van der Waals surface area contributed by atoms with Crippen LogP contribution in [0, 0.1) is 5.92 Å². The molecule has 1 amide bonds. The number of hydrogen-bond donors (Lipinski definition) is 1. The van der Waals surface area contributed by atoms with Crippen LogP contribution < -0.4 is 14.8 Å². The normalized spacial score (nSPS) is 21.9. The number of carbonyl (C=O) groups is 1. The van der Waals surface area contributed by atoms with Crippen molar-refractivity contribution in [2.45, 2.75) is 18.9 Å². The molecule has 6 heteroatoms. The van der Waals surface area contributed by atoms with Crippen LogP contribution in [0.3, 0.4) is 0 Å². The molecule has 124 valence electrons. The smallest absolute Gasteiger partial charge is 0.231 e. The molecule has 2 aliphatic heterocycles. The number of ether oxygens (including phenoxy) is 3. The van der Waals surface area contributed by atoms with Gasteiger partial charge in [0.1, 0.15) is 0 Å². The van der Waals surface area contributed by atoms with E-state index in [1.54, 1.807) is 0 Å². The summed E-state index contributed by atoms with van der Waals surface area (Å²) in [5.74, 6) is 1.99. The van der Waals surface area contributed by atoms with Crippen LogP contribution in [0.25, 0.3) is 0 Å². The molecule has 1 aromatic carbocycles. The van der Waals surface area contributed by atoms with Gasteiger partial charge in [0, 0.05) is 25.6 Å². The van der Waals surface area contributed by atoms with E-state index in [4.69, 9.17) is 14.2 Å². The van der Waals surface area contributed by atoms with Crippen LogP contribution in [-0.2, 0) is 9.53 Å². The molecule has 2 fully saturated rings. The molecule has 4 rings (SSSR count). The number of hydrogen-bond acceptors (Lipinski definition) is 5. The first-order valence-electron chi connectivity index (χ1n) is 8.30. The summed E-state index contributed by atoms with van der Waals surface area (Å²) in [6.45, 7) is 4.11. The summed E-state index contributed by atoms with van der Waals surface area (Å²) in [6, 6.07) is 6.19. The van der Waals surface area contributed by atoms with Crippen molar-refractivity contribution in [2.75, 3.05) is 39.6 Å². The third-order valence-electron chi connectivity index (χ3n) is 4.69. The fraction of sp³-hybridized carbons (Fsp3) is 0.588. The Hall–Kier alpha value is -1.79. The second-order valence-electron chi connectivity index (χ2n) is 6.30. The van der Waals surface area contributed by atoms with Gasteiger partial charge in [-0.1, -0.05) is 6.07 Å². The Balaban J connectivity index is 1.51. The van der Waals surface area contributed by atoms with Crippen molar-refractivity contribution in [3.05, 3.63) is 23.8 Å². The van der Waals surface area contributed by atoms with Gasteiger partial charge in [0.25, 0.3) is 0 Å². The van der Waals surface area contributed by atoms with E-state index in [9.17, 15) is 4.79 Å². The fourth-order valence-corrected chi connectivity index (χ4v) is 3.15. The molecule has 23 heavy (non-hydrogen) atoms. The van der Waals surface area contributed by atoms with Gasteiger partial charge in [-0.05, 0) is 30.5 Å². The van der Waals surface area contributed by atoms with Gasteiger partial charge in [-0.3, -0.25) is 9.69 Å². The lowest BCUT2D eigenvalue weighted by atomic mass is 10.0. The predicted octanol–water partition coefficient (Wildman–Crippen LogP) is 1.31. The number of carbonyl (C=O) groups excluding carboxylic acids is 1. The first kappa shape index (κ1) is 14.8. The summed E-state index contributed by atoms with van der Waals surface area (Å²) in [5.41, 5.74) is 1.15. The van der Waals surface area contributed by atoms with E-state index < -0.39 is 0 Å². The summed E-state index contributed by atoms with van der Waals surface area (Å²) in [7, 11) is 0. The van der Waals surface area contributed by atoms with Gasteiger partial charge in [-0.15, -0.1) is 0 Å². The number of amides is 1. The zero-order valence-corrected chi connectivity index (χ0v) is 13.1. The molecule has 0 bridgehead atoms. The minimum Gasteiger partial charge on any atom is -0.454 e. The largest absolute Gasteiger partial charge is 0.454 e. The Morgan fingerprint density at radius 3 is 2.78 bits per heavy atom.